The first-order valence-electron chi connectivity index (χ1n) is 39.5. The third-order valence-electron chi connectivity index (χ3n) is 18.7. The molecule has 0 spiro atoms. The van der Waals surface area contributed by atoms with Gasteiger partial charge in [0.15, 0.2) is 34.5 Å². The van der Waals surface area contributed by atoms with Gasteiger partial charge in [0.1, 0.15) is 11.3 Å². The van der Waals surface area contributed by atoms with Gasteiger partial charge < -0.3 is 60.3 Å². The van der Waals surface area contributed by atoms with Crippen LogP contribution in [-0.2, 0) is 19.1 Å². The number of nitrogens with zero attached hydrogens (tertiary/aromatic N) is 4. The molecule has 0 aliphatic heterocycles. The van der Waals surface area contributed by atoms with Crippen LogP contribution in [0.25, 0.3) is 89.4 Å². The summed E-state index contributed by atoms with van der Waals surface area (Å²) in [5.74, 6) is -6.80. The van der Waals surface area contributed by atoms with E-state index < -0.39 is 76.2 Å². The van der Waals surface area contributed by atoms with Crippen molar-refractivity contribution in [3.63, 3.8) is 0 Å². The van der Waals surface area contributed by atoms with Gasteiger partial charge in [-0.1, -0.05) is 139 Å². The Labute approximate surface area is 740 Å². The van der Waals surface area contributed by atoms with Crippen LogP contribution in [0.1, 0.15) is 94.0 Å². The minimum Gasteiger partial charge on any atom is -0.465 e. The molecule has 13 aromatic carbocycles. The second-order valence-corrected chi connectivity index (χ2v) is 28.2. The largest absolute Gasteiger partial charge is 0.465 e. The quantitative estimate of drug-likeness (QED) is 0.0568. The Morgan fingerprint density at radius 2 is 0.519 bits per heavy atom. The zero-order valence-corrected chi connectivity index (χ0v) is 69.8. The number of aryl methyl sites for hydroxylation is 2. The summed E-state index contributed by atoms with van der Waals surface area (Å²) >= 11 is 0. The Morgan fingerprint density at radius 1 is 0.244 bits per heavy atom. The lowest BCUT2D eigenvalue weighted by Gasteiger charge is -2.16. The van der Waals surface area contributed by atoms with E-state index >= 15 is 0 Å². The van der Waals surface area contributed by atoms with Crippen LogP contribution in [0.4, 0.5) is 0 Å². The Morgan fingerprint density at radius 3 is 0.885 bits per heavy atom. The minimum absolute atomic E-state index is 0.0211. The first kappa shape index (κ1) is 88.9. The van der Waals surface area contributed by atoms with Gasteiger partial charge >= 0.3 is 76.2 Å². The lowest BCUT2D eigenvalue weighted by molar-refractivity contribution is -0.134. The van der Waals surface area contributed by atoms with Gasteiger partial charge in [-0.05, 0) is 190 Å². The number of aromatic nitrogens is 4. The minimum atomic E-state index is -0.803. The van der Waals surface area contributed by atoms with E-state index in [1.165, 1.54) is 94.6 Å². The van der Waals surface area contributed by atoms with Crippen molar-refractivity contribution in [1.82, 2.24) is 19.9 Å². The van der Waals surface area contributed by atoms with Gasteiger partial charge in [0.25, 0.3) is 0 Å². The zero-order chi connectivity index (χ0) is 92.4. The van der Waals surface area contributed by atoms with Gasteiger partial charge in [-0.3, -0.25) is 14.4 Å². The Bertz CT molecular complexity index is 7520. The number of hydrogen-bond acceptors (Lipinski definition) is 30. The van der Waals surface area contributed by atoms with Crippen molar-refractivity contribution in [2.45, 2.75) is 34.6 Å². The summed E-state index contributed by atoms with van der Waals surface area (Å²) in [6, 6.07) is 81.1. The van der Waals surface area contributed by atoms with Crippen LogP contribution in [0.5, 0.6) is 46.0 Å². The molecule has 0 N–H and O–H groups in total. The highest BCUT2D eigenvalue weighted by molar-refractivity contribution is 5.98. The number of methoxy groups -OCH3 is 1. The number of hydrogen-bond donors (Lipinski definition) is 0. The maximum atomic E-state index is 13.2. The molecular formula is C101H68N4O26. The fourth-order valence-corrected chi connectivity index (χ4v) is 12.7. The Balaban J connectivity index is 0.000000145. The number of ether oxygens (including phenoxy) is 9. The predicted molar refractivity (Wildman–Crippen MR) is 475 cm³/mol. The highest BCUT2D eigenvalue weighted by Gasteiger charge is 2.29. The molecule has 0 aliphatic rings. The molecule has 0 saturated carbocycles. The summed E-state index contributed by atoms with van der Waals surface area (Å²) in [7, 11) is 1.21. The van der Waals surface area contributed by atoms with E-state index in [1.807, 2.05) is 26.0 Å². The molecule has 0 fully saturated rings. The smallest absolute Gasteiger partial charge is 0.347 e. The van der Waals surface area contributed by atoms with Crippen molar-refractivity contribution >= 4 is 97.3 Å². The van der Waals surface area contributed by atoms with Crippen LogP contribution < -0.4 is 60.4 Å². The van der Waals surface area contributed by atoms with E-state index in [-0.39, 0.29) is 103 Å². The number of rotatable bonds is 18. The summed E-state index contributed by atoms with van der Waals surface area (Å²) in [4.78, 5) is 178. The molecule has 131 heavy (non-hydrogen) atoms. The number of carbonyl (C=O) groups excluding carboxylic acids is 9. The molecule has 4 aromatic heterocycles. The predicted octanol–water partition coefficient (Wildman–Crippen LogP) is 17.7. The van der Waals surface area contributed by atoms with Gasteiger partial charge in [-0.2, -0.15) is 0 Å². The van der Waals surface area contributed by atoms with Crippen LogP contribution in [-0.4, -0.2) is 80.8 Å². The van der Waals surface area contributed by atoms with E-state index in [1.54, 1.807) is 224 Å². The van der Waals surface area contributed by atoms with E-state index in [9.17, 15) is 62.3 Å². The topological polar surface area (TPSA) is 409 Å². The van der Waals surface area contributed by atoms with Crippen LogP contribution in [0, 0.1) is 13.8 Å². The molecule has 30 nitrogen and oxygen atoms in total. The molecule has 0 atom stereocenters. The number of para-hydroxylation sites is 4. The van der Waals surface area contributed by atoms with Crippen molar-refractivity contribution in [2.24, 2.45) is 0 Å². The second-order valence-electron chi connectivity index (χ2n) is 28.2. The molecule has 0 amide bonds. The standard InChI is InChI=1S/C35H21NO8.C30H21NO6.2C18H13NO6/c37-32(22-12-4-1-5-13-22)41-28-20-25(31-36-27-19-11-10-18-26(27)35(40)44-31)21-29(42-33(38)23-14-6-2-7-15-23)30(28)43-34(39)24-16-8-3-9-17-24;1-18-7-5-9-21(15-18)28(32)35-25-14-13-20(27-31-24-12-4-3-11-23(24)30(34)37-27)17-26(25)36-29(33)22-10-6-8-19(2)16-22;1-10(20)24-15-8-7-11(9-13(15)17(21)23-2)16-19-14-6-4-3-5-12(14)18(22)25-16;1-10(20)23-15-8-7-12(9-16(15)24-11(2)21)17-19-14-6-4-3-5-13(14)18(22)25-17/h1-21H;3-17H,1-2H3;2*3-9H,1-2H3. The van der Waals surface area contributed by atoms with Gasteiger partial charge in [0.05, 0.1) is 78.5 Å². The third kappa shape index (κ3) is 22.1. The van der Waals surface area contributed by atoms with Crippen LogP contribution in [0.15, 0.2) is 340 Å². The number of esters is 9. The molecule has 17 rings (SSSR count). The molecule has 17 aromatic rings. The van der Waals surface area contributed by atoms with E-state index in [0.29, 0.717) is 66.0 Å². The Hall–Kier alpha value is -18.4. The highest BCUT2D eigenvalue weighted by atomic mass is 16.6. The first-order chi connectivity index (χ1) is 63.3. The number of carbonyl (C=O) groups is 9. The summed E-state index contributed by atoms with van der Waals surface area (Å²) in [6.07, 6.45) is 0. The zero-order valence-electron chi connectivity index (χ0n) is 69.8. The fourth-order valence-electron chi connectivity index (χ4n) is 12.7. The molecule has 30 heteroatoms. The second kappa shape index (κ2) is 40.5. The maximum absolute atomic E-state index is 13.2. The van der Waals surface area contributed by atoms with Crippen LogP contribution >= 0.6 is 0 Å². The SMILES string of the molecule is CC(=O)Oc1ccc(-c2nc3ccccc3c(=O)o2)cc1OC(C)=O.COC(=O)c1cc(-c2nc3ccccc3c(=O)o2)ccc1OC(C)=O.Cc1cccc(C(=O)Oc2ccc(-c3nc4ccccc4c(=O)o3)cc2OC(=O)c2cccc(C)c2)c1.O=C(Oc1cc(-c2nc3ccccc3c(=O)o2)cc(OC(=O)c2ccccc2)c1OC(=O)c1ccccc1)c1ccccc1. The molecule has 0 radical (unpaired) electrons. The van der Waals surface area contributed by atoms with Crippen LogP contribution in [0.3, 0.4) is 0 Å². The lowest BCUT2D eigenvalue weighted by Crippen LogP contribution is -2.15. The van der Waals surface area contributed by atoms with Crippen molar-refractivity contribution < 1.29 is 103 Å². The van der Waals surface area contributed by atoms with Crippen molar-refractivity contribution in [3.05, 3.63) is 390 Å². The van der Waals surface area contributed by atoms with Crippen molar-refractivity contribution in [3.8, 4) is 91.8 Å². The van der Waals surface area contributed by atoms with Gasteiger partial charge in [-0.15, -0.1) is 0 Å². The monoisotopic (exact) mass is 1750 g/mol. The fraction of sp³-hybridized carbons (Fsp3) is 0.0594. The summed E-state index contributed by atoms with van der Waals surface area (Å²) in [6.45, 7) is 7.40. The van der Waals surface area contributed by atoms with E-state index in [2.05, 4.69) is 19.9 Å². The van der Waals surface area contributed by atoms with Gasteiger partial charge in [0.2, 0.25) is 29.3 Å². The number of benzene rings is 13. The molecule has 0 saturated heterocycles. The lowest BCUT2D eigenvalue weighted by atomic mass is 10.1. The van der Waals surface area contributed by atoms with Crippen molar-refractivity contribution in [1.29, 1.82) is 0 Å². The third-order valence-corrected chi connectivity index (χ3v) is 18.7. The maximum Gasteiger partial charge on any atom is 0.347 e. The molecule has 648 valence electrons. The number of fused-ring (bicyclic) bond motifs is 4. The summed E-state index contributed by atoms with van der Waals surface area (Å²) < 4.78 is 69.6. The van der Waals surface area contributed by atoms with Crippen LogP contribution in [0.2, 0.25) is 0 Å². The summed E-state index contributed by atoms with van der Waals surface area (Å²) in [5.41, 5.74) is 3.82. The van der Waals surface area contributed by atoms with E-state index in [0.717, 1.165) is 11.1 Å². The van der Waals surface area contributed by atoms with E-state index in [4.69, 9.17) is 60.3 Å². The average molecular weight is 1750 g/mol. The summed E-state index contributed by atoms with van der Waals surface area (Å²) in [5, 5.41) is 1.33. The molecule has 4 heterocycles. The molecule has 0 bridgehead atoms. The van der Waals surface area contributed by atoms with Gasteiger partial charge in [0, 0.05) is 43.0 Å². The average Bonchev–Trinajstić information content (AvgIpc) is 0.770. The first-order valence-corrected chi connectivity index (χ1v) is 39.5. The van der Waals surface area contributed by atoms with Crippen molar-refractivity contribution in [2.75, 3.05) is 7.11 Å². The normalized spacial score (nSPS) is 10.6. The molecular weight excluding hydrogens is 1690 g/mol. The highest BCUT2D eigenvalue weighted by Crippen LogP contribution is 2.44. The Kier molecular flexibility index (Phi) is 27.5. The van der Waals surface area contributed by atoms with Gasteiger partial charge in [-0.25, -0.2) is 67.9 Å². The molecule has 0 aliphatic carbocycles. The molecule has 0 unspecified atom stereocenters.